The Morgan fingerprint density at radius 2 is 1.93 bits per heavy atom. The van der Waals surface area contributed by atoms with Gasteiger partial charge in [-0.25, -0.2) is 0 Å². The van der Waals surface area contributed by atoms with E-state index in [1.54, 1.807) is 0 Å². The second-order valence-electron chi connectivity index (χ2n) is 3.70. The van der Waals surface area contributed by atoms with Gasteiger partial charge in [0.05, 0.1) is 11.4 Å². The van der Waals surface area contributed by atoms with Crippen LogP contribution in [0, 0.1) is 0 Å². The minimum Gasteiger partial charge on any atom is -0.360 e. The lowest BCUT2D eigenvalue weighted by Crippen LogP contribution is -2.02. The number of para-hydroxylation sites is 2. The molecule has 0 fully saturated rings. The number of hydrogen-bond donors (Lipinski definition) is 2. The van der Waals surface area contributed by atoms with Crippen LogP contribution in [0.2, 0.25) is 0 Å². The van der Waals surface area contributed by atoms with E-state index < -0.39 is 0 Å². The summed E-state index contributed by atoms with van der Waals surface area (Å²) in [5.41, 5.74) is 4.74. The zero-order valence-electron chi connectivity index (χ0n) is 8.33. The Morgan fingerprint density at radius 1 is 1.07 bits per heavy atom. The van der Waals surface area contributed by atoms with Crippen LogP contribution < -0.4 is 10.6 Å². The van der Waals surface area contributed by atoms with Crippen molar-refractivity contribution in [2.45, 2.75) is 6.42 Å². The van der Waals surface area contributed by atoms with Gasteiger partial charge < -0.3 is 10.6 Å². The first-order valence-corrected chi connectivity index (χ1v) is 5.12. The first-order valence-electron chi connectivity index (χ1n) is 5.12. The third-order valence-electron chi connectivity index (χ3n) is 2.68. The number of allylic oxidation sites excluding steroid dienone is 4. The number of hydrogen-bond acceptors (Lipinski definition) is 2. The lowest BCUT2D eigenvalue weighted by atomic mass is 10.1. The molecule has 1 aromatic rings. The molecule has 0 saturated carbocycles. The summed E-state index contributed by atoms with van der Waals surface area (Å²) in [6, 6.07) is 8.23. The van der Waals surface area contributed by atoms with Crippen molar-refractivity contribution in [2.75, 3.05) is 10.6 Å². The van der Waals surface area contributed by atoms with Gasteiger partial charge in [0.25, 0.3) is 0 Å². The van der Waals surface area contributed by atoms with Crippen molar-refractivity contribution in [3.63, 3.8) is 0 Å². The third-order valence-corrected chi connectivity index (χ3v) is 2.68. The van der Waals surface area contributed by atoms with Crippen LogP contribution >= 0.6 is 0 Å². The van der Waals surface area contributed by atoms with Crippen LogP contribution in [0.3, 0.4) is 0 Å². The number of anilines is 2. The number of rotatable bonds is 0. The smallest absolute Gasteiger partial charge is 0.0623 e. The highest BCUT2D eigenvalue weighted by Gasteiger charge is 2.12. The normalized spacial score (nSPS) is 17.3. The van der Waals surface area contributed by atoms with Gasteiger partial charge >= 0.3 is 0 Å². The topological polar surface area (TPSA) is 24.1 Å². The van der Waals surface area contributed by atoms with E-state index in [2.05, 4.69) is 47.2 Å². The van der Waals surface area contributed by atoms with Crippen molar-refractivity contribution in [1.82, 2.24) is 0 Å². The predicted octanol–water partition coefficient (Wildman–Crippen LogP) is 3.25. The Morgan fingerprint density at radius 3 is 2.87 bits per heavy atom. The fraction of sp³-hybridized carbons (Fsp3) is 0.0769. The quantitative estimate of drug-likeness (QED) is 0.665. The maximum Gasteiger partial charge on any atom is 0.0623 e. The molecule has 3 rings (SSSR count). The van der Waals surface area contributed by atoms with Crippen LogP contribution in [0.5, 0.6) is 0 Å². The average molecular weight is 196 g/mol. The van der Waals surface area contributed by atoms with Gasteiger partial charge in [0, 0.05) is 11.9 Å². The number of benzene rings is 1. The zero-order valence-corrected chi connectivity index (χ0v) is 8.33. The summed E-state index contributed by atoms with van der Waals surface area (Å²) in [6.45, 7) is 0. The second kappa shape index (κ2) is 3.31. The predicted molar refractivity (Wildman–Crippen MR) is 63.6 cm³/mol. The van der Waals surface area contributed by atoms with Crippen molar-refractivity contribution in [1.29, 1.82) is 0 Å². The largest absolute Gasteiger partial charge is 0.360 e. The van der Waals surface area contributed by atoms with Gasteiger partial charge in [0.1, 0.15) is 0 Å². The summed E-state index contributed by atoms with van der Waals surface area (Å²) in [7, 11) is 0. The third kappa shape index (κ3) is 1.44. The molecule has 0 radical (unpaired) electrons. The summed E-state index contributed by atoms with van der Waals surface area (Å²) in [5.74, 6) is 0. The van der Waals surface area contributed by atoms with E-state index in [9.17, 15) is 0 Å². The first-order chi connectivity index (χ1) is 7.43. The summed E-state index contributed by atoms with van der Waals surface area (Å²) >= 11 is 0. The zero-order chi connectivity index (χ0) is 10.1. The number of nitrogens with one attached hydrogen (secondary N) is 2. The van der Waals surface area contributed by atoms with Gasteiger partial charge in [-0.15, -0.1) is 0 Å². The maximum atomic E-state index is 3.44. The minimum absolute atomic E-state index is 0.986. The van der Waals surface area contributed by atoms with Gasteiger partial charge in [-0.2, -0.15) is 0 Å². The lowest BCUT2D eigenvalue weighted by Gasteiger charge is -2.13. The highest BCUT2D eigenvalue weighted by Crippen LogP contribution is 2.30. The molecule has 15 heavy (non-hydrogen) atoms. The Bertz CT molecular complexity index is 481. The molecule has 0 unspecified atom stereocenters. The highest BCUT2D eigenvalue weighted by molar-refractivity contribution is 5.75. The Kier molecular flexibility index (Phi) is 1.85. The average Bonchev–Trinajstić information content (AvgIpc) is 2.48. The monoisotopic (exact) mass is 196 g/mol. The van der Waals surface area contributed by atoms with E-state index in [0.717, 1.165) is 17.8 Å². The van der Waals surface area contributed by atoms with Crippen LogP contribution in [-0.2, 0) is 0 Å². The van der Waals surface area contributed by atoms with Crippen molar-refractivity contribution >= 4 is 11.4 Å². The first kappa shape index (κ1) is 8.36. The summed E-state index contributed by atoms with van der Waals surface area (Å²) in [6.07, 6.45) is 9.43. The van der Waals surface area contributed by atoms with Crippen LogP contribution in [0.4, 0.5) is 11.4 Å². The molecule has 1 aliphatic carbocycles. The molecule has 0 aromatic heterocycles. The molecule has 1 aromatic carbocycles. The van der Waals surface area contributed by atoms with Crippen LogP contribution in [0.15, 0.2) is 60.0 Å². The SMILES string of the molecule is C1=CCC2=CNc3ccccc3NC2=C1. The molecule has 0 atom stereocenters. The summed E-state index contributed by atoms with van der Waals surface area (Å²) in [5, 5.41) is 6.77. The molecule has 1 heterocycles. The van der Waals surface area contributed by atoms with E-state index in [0.29, 0.717) is 0 Å². The summed E-state index contributed by atoms with van der Waals surface area (Å²) in [4.78, 5) is 0. The molecule has 2 nitrogen and oxygen atoms in total. The van der Waals surface area contributed by atoms with E-state index in [1.165, 1.54) is 11.3 Å². The standard InChI is InChI=1S/C13H12N2/c1-2-6-11-10(5-1)9-14-12-7-3-4-8-13(12)15-11/h1-4,6-9,14-15H,5H2. The van der Waals surface area contributed by atoms with Crippen LogP contribution in [-0.4, -0.2) is 0 Å². The minimum atomic E-state index is 0.986. The fourth-order valence-corrected chi connectivity index (χ4v) is 1.86. The molecule has 2 N–H and O–H groups in total. The van der Waals surface area contributed by atoms with Gasteiger partial charge in [-0.1, -0.05) is 24.3 Å². The molecule has 0 amide bonds. The molecular weight excluding hydrogens is 184 g/mol. The van der Waals surface area contributed by atoms with E-state index in [4.69, 9.17) is 0 Å². The van der Waals surface area contributed by atoms with Gasteiger partial charge in [0.15, 0.2) is 0 Å². The molecule has 2 aliphatic rings. The Labute approximate surface area is 89.0 Å². The highest BCUT2D eigenvalue weighted by atomic mass is 15.0. The van der Waals surface area contributed by atoms with Crippen molar-refractivity contribution in [3.8, 4) is 0 Å². The Hall–Kier alpha value is -1.96. The number of fused-ring (bicyclic) bond motifs is 2. The van der Waals surface area contributed by atoms with Crippen molar-refractivity contribution < 1.29 is 0 Å². The van der Waals surface area contributed by atoms with Gasteiger partial charge in [-0.3, -0.25) is 0 Å². The lowest BCUT2D eigenvalue weighted by molar-refractivity contribution is 1.19. The van der Waals surface area contributed by atoms with Crippen molar-refractivity contribution in [2.24, 2.45) is 0 Å². The molecule has 0 spiro atoms. The van der Waals surface area contributed by atoms with E-state index >= 15 is 0 Å². The van der Waals surface area contributed by atoms with Gasteiger partial charge in [0.2, 0.25) is 0 Å². The van der Waals surface area contributed by atoms with Crippen molar-refractivity contribution in [3.05, 3.63) is 60.0 Å². The van der Waals surface area contributed by atoms with E-state index in [1.807, 2.05) is 12.1 Å². The second-order valence-corrected chi connectivity index (χ2v) is 3.70. The Balaban J connectivity index is 2.07. The summed E-state index contributed by atoms with van der Waals surface area (Å²) < 4.78 is 0. The molecule has 0 saturated heterocycles. The molecule has 0 bridgehead atoms. The van der Waals surface area contributed by atoms with Gasteiger partial charge in [-0.05, 0) is 30.2 Å². The van der Waals surface area contributed by atoms with E-state index in [-0.39, 0.29) is 0 Å². The molecule has 74 valence electrons. The maximum absolute atomic E-state index is 3.44. The molecule has 1 aliphatic heterocycles. The van der Waals surface area contributed by atoms with Crippen LogP contribution in [0.25, 0.3) is 0 Å². The fourth-order valence-electron chi connectivity index (χ4n) is 1.86. The molecule has 2 heteroatoms. The van der Waals surface area contributed by atoms with Crippen LogP contribution in [0.1, 0.15) is 6.42 Å². The molecular formula is C13H12N2.